The van der Waals surface area contributed by atoms with E-state index in [1.165, 1.54) is 6.92 Å². The molecule has 0 N–H and O–H groups in total. The second-order valence-corrected chi connectivity index (χ2v) is 2.86. The first kappa shape index (κ1) is 7.17. The number of hydrogen-bond donors (Lipinski definition) is 0. The molecule has 5 heteroatoms. The standard InChI is InChI=1S/C10H9ClF2O2/c1-2-15-9(14)10(12,13)7-3-5-8(11)6-4-7/h3-6H,2H2,1H3/i3D,4D,5D,6D. The molecule has 0 unspecified atom stereocenters. The maximum absolute atomic E-state index is 13.8. The molecule has 2 nitrogen and oxygen atoms in total. The van der Waals surface area contributed by atoms with Crippen LogP contribution in [-0.2, 0) is 15.5 Å². The van der Waals surface area contributed by atoms with Crippen LogP contribution in [0.4, 0.5) is 8.78 Å². The quantitative estimate of drug-likeness (QED) is 0.757. The molecule has 0 bridgehead atoms. The Kier molecular flexibility index (Phi) is 2.19. The van der Waals surface area contributed by atoms with Gasteiger partial charge in [-0.15, -0.1) is 0 Å². The smallest absolute Gasteiger partial charge is 0.381 e. The third-order valence-corrected chi connectivity index (χ3v) is 1.63. The van der Waals surface area contributed by atoms with Gasteiger partial charge >= 0.3 is 11.9 Å². The summed E-state index contributed by atoms with van der Waals surface area (Å²) >= 11 is 5.47. The first-order chi connectivity index (χ1) is 8.66. The van der Waals surface area contributed by atoms with Gasteiger partial charge in [-0.2, -0.15) is 8.78 Å². The summed E-state index contributed by atoms with van der Waals surface area (Å²) in [7, 11) is 0. The van der Waals surface area contributed by atoms with Gasteiger partial charge in [0.25, 0.3) is 0 Å². The highest BCUT2D eigenvalue weighted by Gasteiger charge is 2.42. The predicted molar refractivity (Wildman–Crippen MR) is 52.0 cm³/mol. The van der Waals surface area contributed by atoms with Gasteiger partial charge in [0.2, 0.25) is 0 Å². The van der Waals surface area contributed by atoms with Gasteiger partial charge in [-0.05, 0) is 19.0 Å². The number of benzene rings is 1. The molecule has 1 rings (SSSR count). The van der Waals surface area contributed by atoms with Gasteiger partial charge in [0.1, 0.15) is 0 Å². The highest BCUT2D eigenvalue weighted by Crippen LogP contribution is 2.30. The van der Waals surface area contributed by atoms with Gasteiger partial charge in [0.05, 0.1) is 12.1 Å². The van der Waals surface area contributed by atoms with Crippen molar-refractivity contribution in [1.82, 2.24) is 0 Å². The lowest BCUT2D eigenvalue weighted by molar-refractivity contribution is -0.173. The number of alkyl halides is 2. The van der Waals surface area contributed by atoms with Gasteiger partial charge in [0.15, 0.2) is 0 Å². The fourth-order valence-corrected chi connectivity index (χ4v) is 0.873. The molecular formula is C10H9ClF2O2. The van der Waals surface area contributed by atoms with Crippen molar-refractivity contribution in [3.05, 3.63) is 34.8 Å². The summed E-state index contributed by atoms with van der Waals surface area (Å²) in [5.74, 6) is -6.21. The molecule has 0 radical (unpaired) electrons. The molecule has 0 aliphatic carbocycles. The minimum Gasteiger partial charge on any atom is -0.461 e. The summed E-state index contributed by atoms with van der Waals surface area (Å²) in [5.41, 5.74) is -1.34. The number of ether oxygens (including phenoxy) is 1. The third-order valence-electron chi connectivity index (χ3n) is 1.44. The van der Waals surface area contributed by atoms with Crippen LogP contribution in [0, 0.1) is 0 Å². The summed E-state index contributed by atoms with van der Waals surface area (Å²) in [6.07, 6.45) is 0. The van der Waals surface area contributed by atoms with E-state index in [0.29, 0.717) is 0 Å². The molecule has 0 spiro atoms. The van der Waals surface area contributed by atoms with E-state index in [-0.39, 0.29) is 6.61 Å². The zero-order valence-electron chi connectivity index (χ0n) is 11.7. The topological polar surface area (TPSA) is 26.3 Å². The predicted octanol–water partition coefficient (Wildman–Crippen LogP) is 2.99. The lowest BCUT2D eigenvalue weighted by Gasteiger charge is -2.14. The van der Waals surface area contributed by atoms with Crippen LogP contribution >= 0.6 is 11.6 Å². The van der Waals surface area contributed by atoms with E-state index in [0.717, 1.165) is 0 Å². The minimum absolute atomic E-state index is 0.301. The summed E-state index contributed by atoms with van der Waals surface area (Å²) in [6.45, 7) is 1.02. The summed E-state index contributed by atoms with van der Waals surface area (Å²) < 4.78 is 61.3. The Balaban J connectivity index is 3.55. The van der Waals surface area contributed by atoms with E-state index in [4.69, 9.17) is 17.1 Å². The lowest BCUT2D eigenvalue weighted by atomic mass is 10.1. The number of halogens is 3. The van der Waals surface area contributed by atoms with Crippen LogP contribution in [0.25, 0.3) is 0 Å². The molecule has 1 aromatic carbocycles. The van der Waals surface area contributed by atoms with Crippen LogP contribution in [-0.4, -0.2) is 12.6 Å². The molecule has 0 aliphatic rings. The van der Waals surface area contributed by atoms with Crippen molar-refractivity contribution in [1.29, 1.82) is 0 Å². The molecule has 0 fully saturated rings. The SMILES string of the molecule is [2H]c1c([2H])c(C(F)(F)C(=O)OCC)c([2H])c([2H])c1Cl. The van der Waals surface area contributed by atoms with E-state index in [9.17, 15) is 13.6 Å². The third kappa shape index (κ3) is 2.65. The van der Waals surface area contributed by atoms with Crippen LogP contribution in [0.3, 0.4) is 0 Å². The second-order valence-electron chi connectivity index (χ2n) is 2.48. The molecule has 0 saturated carbocycles. The molecule has 15 heavy (non-hydrogen) atoms. The highest BCUT2D eigenvalue weighted by molar-refractivity contribution is 6.30. The molecule has 0 aliphatic heterocycles. The normalized spacial score (nSPS) is 14.9. The maximum atomic E-state index is 13.8. The zero-order chi connectivity index (χ0) is 15.0. The highest BCUT2D eigenvalue weighted by atomic mass is 35.5. The summed E-state index contributed by atoms with van der Waals surface area (Å²) in [6, 6.07) is -3.80. The van der Waals surface area contributed by atoms with Gasteiger partial charge in [0, 0.05) is 10.6 Å². The van der Waals surface area contributed by atoms with Crippen LogP contribution in [0.5, 0.6) is 0 Å². The first-order valence-electron chi connectivity index (χ1n) is 5.97. The summed E-state index contributed by atoms with van der Waals surface area (Å²) in [5, 5.41) is -0.585. The van der Waals surface area contributed by atoms with Crippen molar-refractivity contribution in [2.24, 2.45) is 0 Å². The van der Waals surface area contributed by atoms with Crippen LogP contribution in [0.1, 0.15) is 18.0 Å². The number of rotatable bonds is 3. The van der Waals surface area contributed by atoms with E-state index >= 15 is 0 Å². The van der Waals surface area contributed by atoms with Gasteiger partial charge in [-0.25, -0.2) is 4.79 Å². The van der Waals surface area contributed by atoms with E-state index < -0.39 is 46.6 Å². The Labute approximate surface area is 96.4 Å². The molecule has 0 saturated heterocycles. The number of carbonyl (C=O) groups is 1. The van der Waals surface area contributed by atoms with Crippen molar-refractivity contribution >= 4 is 17.6 Å². The monoisotopic (exact) mass is 238 g/mol. The van der Waals surface area contributed by atoms with E-state index in [1.807, 2.05) is 0 Å². The van der Waals surface area contributed by atoms with Crippen molar-refractivity contribution in [3.63, 3.8) is 0 Å². The van der Waals surface area contributed by atoms with Crippen molar-refractivity contribution < 1.29 is 23.8 Å². The Morgan fingerprint density at radius 2 is 2.07 bits per heavy atom. The number of esters is 1. The fraction of sp³-hybridized carbons (Fsp3) is 0.300. The van der Waals surface area contributed by atoms with E-state index in [2.05, 4.69) is 4.74 Å². The molecular weight excluding hydrogens is 226 g/mol. The Morgan fingerprint density at radius 1 is 1.53 bits per heavy atom. The maximum Gasteiger partial charge on any atom is 0.381 e. The average Bonchev–Trinajstić information content (AvgIpc) is 2.34. The summed E-state index contributed by atoms with van der Waals surface area (Å²) in [4.78, 5) is 11.2. The largest absolute Gasteiger partial charge is 0.461 e. The Bertz CT molecular complexity index is 508. The molecule has 0 atom stereocenters. The van der Waals surface area contributed by atoms with Crippen molar-refractivity contribution in [2.75, 3.05) is 6.61 Å². The molecule has 0 amide bonds. The van der Waals surface area contributed by atoms with Gasteiger partial charge in [-0.1, -0.05) is 23.7 Å². The van der Waals surface area contributed by atoms with Crippen molar-refractivity contribution in [2.45, 2.75) is 12.8 Å². The van der Waals surface area contributed by atoms with E-state index in [1.54, 1.807) is 0 Å². The first-order valence-corrected chi connectivity index (χ1v) is 4.35. The van der Waals surface area contributed by atoms with Crippen LogP contribution < -0.4 is 0 Å². The Hall–Kier alpha value is -1.16. The average molecular weight is 239 g/mol. The second kappa shape index (κ2) is 4.57. The number of carbonyl (C=O) groups excluding carboxylic acids is 1. The van der Waals surface area contributed by atoms with Crippen LogP contribution in [0.15, 0.2) is 24.2 Å². The number of hydrogen-bond acceptors (Lipinski definition) is 2. The zero-order valence-corrected chi connectivity index (χ0v) is 8.41. The van der Waals surface area contributed by atoms with Crippen molar-refractivity contribution in [3.8, 4) is 0 Å². The molecule has 0 aromatic heterocycles. The molecule has 1 aromatic rings. The molecule has 82 valence electrons. The fourth-order valence-electron chi connectivity index (χ4n) is 0.778. The van der Waals surface area contributed by atoms with Crippen LogP contribution in [0.2, 0.25) is 5.02 Å². The van der Waals surface area contributed by atoms with Gasteiger partial charge < -0.3 is 4.74 Å². The Morgan fingerprint density at radius 3 is 2.53 bits per heavy atom. The lowest BCUT2D eigenvalue weighted by Crippen LogP contribution is -2.28. The minimum atomic E-state index is -4.28. The molecule has 0 heterocycles. The van der Waals surface area contributed by atoms with Gasteiger partial charge in [-0.3, -0.25) is 0 Å².